The molecule has 5 rings (SSSR count). The van der Waals surface area contributed by atoms with E-state index >= 15 is 0 Å². The number of methoxy groups -OCH3 is 1. The number of nitrogens with one attached hydrogen (secondary N) is 3. The number of fused-ring (bicyclic) bond motifs is 8. The Morgan fingerprint density at radius 1 is 0.838 bits per heavy atom. The molecule has 0 saturated carbocycles. The topological polar surface area (TPSA) is 344 Å². The number of Topliss-reactive ketones (excluding diaryl/α,β-unsaturated/α-hetero) is 1. The van der Waals surface area contributed by atoms with E-state index < -0.39 is 64.4 Å². The Morgan fingerprint density at radius 2 is 1.43 bits per heavy atom. The van der Waals surface area contributed by atoms with E-state index in [1.54, 1.807) is 26.0 Å². The fourth-order valence-corrected chi connectivity index (χ4v) is 9.78. The number of nitrogens with two attached hydrogens (primary N) is 2. The number of ether oxygens (including phenoxy) is 1. The smallest absolute Gasteiger partial charge is 0.748 e. The van der Waals surface area contributed by atoms with Gasteiger partial charge in [0.15, 0.2) is 11.7 Å². The molecule has 3 aromatic rings. The Hall–Kier alpha value is -4.38. The minimum atomic E-state index is -4.70. The van der Waals surface area contributed by atoms with Gasteiger partial charge in [-0.2, -0.15) is 0 Å². The Labute approximate surface area is 488 Å². The molecule has 24 heteroatoms. The molecular formula is C50H67KN10O11PdS. The summed E-state index contributed by atoms with van der Waals surface area (Å²) >= 11 is 0. The fraction of sp³-hybridized carbons (Fsp3) is 0.540. The van der Waals surface area contributed by atoms with Gasteiger partial charge in [0.1, 0.15) is 0 Å². The van der Waals surface area contributed by atoms with Crippen molar-refractivity contribution in [2.24, 2.45) is 22.4 Å². The Morgan fingerprint density at radius 3 is 2.04 bits per heavy atom. The van der Waals surface area contributed by atoms with Crippen molar-refractivity contribution in [1.29, 1.82) is 0 Å². The van der Waals surface area contributed by atoms with Gasteiger partial charge in [-0.15, -0.1) is 22.1 Å². The molecule has 8 bridgehead atoms. The normalized spacial score (nSPS) is 16.4. The molecule has 2 aliphatic rings. The third-order valence-corrected chi connectivity index (χ3v) is 14.2. The molecule has 21 nitrogen and oxygen atoms in total. The minimum absolute atomic E-state index is 0. The number of aryl methyl sites for hydroxylation is 2. The van der Waals surface area contributed by atoms with Crippen LogP contribution in [0.2, 0.25) is 0 Å². The predicted octanol–water partition coefficient (Wildman–Crippen LogP) is 0.896. The molecule has 0 aliphatic carbocycles. The maximum Gasteiger partial charge on any atom is 2.00 e. The third kappa shape index (κ3) is 17.3. The first-order chi connectivity index (χ1) is 34.0. The zero-order valence-electron chi connectivity index (χ0n) is 43.4. The molecular weight excluding hydrogens is 1090 g/mol. The molecule has 0 saturated heterocycles. The number of aliphatic imine (C=N–C) groups is 1. The zero-order chi connectivity index (χ0) is 53.0. The van der Waals surface area contributed by atoms with Crippen LogP contribution in [0.5, 0.6) is 0 Å². The molecule has 3 unspecified atom stereocenters. The van der Waals surface area contributed by atoms with Gasteiger partial charge in [-0.1, -0.05) is 56.5 Å². The van der Waals surface area contributed by atoms with E-state index in [4.69, 9.17) is 36.1 Å². The standard InChI is InChI=1S/C50H70N10O11S.K.Pd/c1-8-32-26(2)35-23-40-45(30(6)61)28(4)37(58-40)21-36-27(3)33(14-15-42(63)56-25-31(13-16-43(64)65)24-55-41(62)12-10-9-11-17-54-50(51)52)47(59-36)34(20-44(66)71-7)48-46(49(67)53-18-19-72(68,69)70)29(5)38(60-48)22-39(32)57-35;;/h21-23,26-27,31-33H,8-20,24-25H2,1-7H3,(H11,51,52,53,54,55,56,57,58,59,60,61,62,63,64,65,67,68,69,70);;/q;+1;+2/p-3/t26?,27?,31?,32-,33+;;/m1../s1. The molecule has 0 spiro atoms. The number of ketones is 1. The number of unbranched alkanes of at least 4 members (excludes halogenated alkanes) is 2. The van der Waals surface area contributed by atoms with E-state index in [0.717, 1.165) is 6.42 Å². The van der Waals surface area contributed by atoms with Gasteiger partial charge in [-0.25, -0.2) is 8.42 Å². The first-order valence-corrected chi connectivity index (χ1v) is 25.9. The molecule has 5 atom stereocenters. The molecule has 3 aromatic heterocycles. The van der Waals surface area contributed by atoms with Crippen molar-refractivity contribution in [2.45, 2.75) is 129 Å². The van der Waals surface area contributed by atoms with Crippen LogP contribution in [0.4, 0.5) is 0 Å². The summed E-state index contributed by atoms with van der Waals surface area (Å²) in [6.45, 7) is 11.1. The van der Waals surface area contributed by atoms with E-state index in [2.05, 4.69) is 20.9 Å². The number of carboxylic acids is 1. The van der Waals surface area contributed by atoms with Crippen molar-refractivity contribution in [1.82, 2.24) is 35.9 Å². The van der Waals surface area contributed by atoms with E-state index in [9.17, 15) is 46.8 Å². The average molecular weight is 1160 g/mol. The van der Waals surface area contributed by atoms with Crippen LogP contribution < -0.4 is 88.8 Å². The summed E-state index contributed by atoms with van der Waals surface area (Å²) in [6, 6.07) is 5.36. The summed E-state index contributed by atoms with van der Waals surface area (Å²) in [5, 5.41) is 17.8. The summed E-state index contributed by atoms with van der Waals surface area (Å²) in [4.78, 5) is 103. The van der Waals surface area contributed by atoms with Gasteiger partial charge in [0.05, 0.1) is 29.4 Å². The van der Waals surface area contributed by atoms with Crippen molar-refractivity contribution >= 4 is 73.6 Å². The van der Waals surface area contributed by atoms with Gasteiger partial charge >= 0.3 is 83.7 Å². The van der Waals surface area contributed by atoms with Gasteiger partial charge in [-0.05, 0) is 64.4 Å². The zero-order valence-corrected chi connectivity index (χ0v) is 48.9. The number of rotatable bonds is 24. The van der Waals surface area contributed by atoms with E-state index in [-0.39, 0.29) is 169 Å². The van der Waals surface area contributed by atoms with Gasteiger partial charge < -0.3 is 51.8 Å². The van der Waals surface area contributed by atoms with E-state index in [0.29, 0.717) is 81.8 Å². The predicted molar refractivity (Wildman–Crippen MR) is 268 cm³/mol. The van der Waals surface area contributed by atoms with Crippen LogP contribution in [-0.4, -0.2) is 108 Å². The second kappa shape index (κ2) is 29.2. The third-order valence-electron chi connectivity index (χ3n) is 13.5. The number of nitrogens with zero attached hydrogens (tertiary/aromatic N) is 5. The minimum Gasteiger partial charge on any atom is -0.748 e. The van der Waals surface area contributed by atoms with Crippen LogP contribution in [0.3, 0.4) is 0 Å². The molecule has 0 aromatic carbocycles. The van der Waals surface area contributed by atoms with Crippen molar-refractivity contribution in [3.63, 3.8) is 0 Å². The Balaban J connectivity index is 0.00000722. The number of carbonyl (C=O) groups is 6. The molecule has 400 valence electrons. The maximum atomic E-state index is 14.3. The number of hydrogen-bond acceptors (Lipinski definition) is 13. The number of carbonyl (C=O) groups excluding carboxylic acids is 5. The summed E-state index contributed by atoms with van der Waals surface area (Å²) in [6.07, 6.45) is 2.63. The second-order valence-corrected chi connectivity index (χ2v) is 20.1. The van der Waals surface area contributed by atoms with Crippen molar-refractivity contribution in [3.05, 3.63) is 68.8 Å². The van der Waals surface area contributed by atoms with Crippen LogP contribution in [0.25, 0.3) is 22.1 Å². The van der Waals surface area contributed by atoms with Gasteiger partial charge in [-0.3, -0.25) is 43.7 Å². The fourth-order valence-electron chi connectivity index (χ4n) is 9.43. The number of hydrogen-bond donors (Lipinski definition) is 6. The van der Waals surface area contributed by atoms with Crippen LogP contribution >= 0.6 is 0 Å². The van der Waals surface area contributed by atoms with Crippen LogP contribution in [-0.2, 0) is 60.9 Å². The summed E-state index contributed by atoms with van der Waals surface area (Å²) < 4.78 is 39.9. The number of aliphatic carboxylic acids is 1. The monoisotopic (exact) mass is 1160 g/mol. The molecule has 74 heavy (non-hydrogen) atoms. The Kier molecular flexibility index (Phi) is 25.2. The quantitative estimate of drug-likeness (QED) is 0.0138. The maximum absolute atomic E-state index is 14.3. The van der Waals surface area contributed by atoms with Crippen molar-refractivity contribution < 1.29 is 123 Å². The second-order valence-electron chi connectivity index (χ2n) is 18.6. The first-order valence-electron chi connectivity index (χ1n) is 24.3. The molecule has 0 radical (unpaired) electrons. The van der Waals surface area contributed by atoms with Gasteiger partial charge in [0.25, 0.3) is 0 Å². The summed E-state index contributed by atoms with van der Waals surface area (Å²) in [5.74, 6) is -5.77. The van der Waals surface area contributed by atoms with Crippen LogP contribution in [0.15, 0.2) is 23.2 Å². The number of amides is 3. The number of aromatic nitrogens is 4. The van der Waals surface area contributed by atoms with Crippen LogP contribution in [0.1, 0.15) is 169 Å². The van der Waals surface area contributed by atoms with Gasteiger partial charge in [0.2, 0.25) is 17.7 Å². The molecule has 3 amide bonds. The number of carboxylic acid groups (broad SMARTS) is 1. The van der Waals surface area contributed by atoms with Crippen LogP contribution in [0, 0.1) is 19.8 Å². The largest absolute Gasteiger partial charge is 2.00 e. The van der Waals surface area contributed by atoms with Gasteiger partial charge in [0, 0.05) is 103 Å². The Bertz CT molecular complexity index is 2870. The van der Waals surface area contributed by atoms with Crippen molar-refractivity contribution in [3.8, 4) is 0 Å². The first kappa shape index (κ1) is 63.9. The molecule has 2 aliphatic heterocycles. The van der Waals surface area contributed by atoms with Crippen molar-refractivity contribution in [2.75, 3.05) is 39.0 Å². The number of guanidine groups is 1. The molecule has 8 N–H and O–H groups in total. The molecule has 5 heterocycles. The average Bonchev–Trinajstić information content (AvgIpc) is 4.00. The SMILES string of the molecule is CC[C@H]1c2cc3[n-]c(c(CC(=O)OC)c4nc(cc5[n-]c(cc(n2)C1C)c(C(C)=O)c5C)C(C)[C@@H]4CCC(=O)NCC(CCC(=O)O)CNC(=O)CCCCCN=C(N)N)c(C(=O)NCCS(=O)(=O)[O-])c3C.[K+].[Pd+2]. The summed E-state index contributed by atoms with van der Waals surface area (Å²) in [5.41, 5.74) is 15.9. The number of esters is 1. The molecule has 0 fully saturated rings. The van der Waals surface area contributed by atoms with E-state index in [1.807, 2.05) is 26.8 Å². The summed E-state index contributed by atoms with van der Waals surface area (Å²) in [7, 11) is -3.49. The van der Waals surface area contributed by atoms with E-state index in [1.165, 1.54) is 14.0 Å².